The van der Waals surface area contributed by atoms with E-state index in [0.717, 1.165) is 11.3 Å². The summed E-state index contributed by atoms with van der Waals surface area (Å²) < 4.78 is 5.19. The zero-order valence-corrected chi connectivity index (χ0v) is 16.8. The molecule has 1 aliphatic carbocycles. The first-order chi connectivity index (χ1) is 14.4. The molecular formula is C25H22O5. The second-order valence-electron chi connectivity index (χ2n) is 7.59. The number of rotatable bonds is 5. The summed E-state index contributed by atoms with van der Waals surface area (Å²) in [5.74, 6) is -0.959. The van der Waals surface area contributed by atoms with Crippen molar-refractivity contribution in [3.05, 3.63) is 88.5 Å². The fourth-order valence-corrected chi connectivity index (χ4v) is 4.20. The zero-order valence-electron chi connectivity index (χ0n) is 16.8. The van der Waals surface area contributed by atoms with Gasteiger partial charge in [-0.15, -0.1) is 0 Å². The molecule has 0 amide bonds. The van der Waals surface area contributed by atoms with Gasteiger partial charge in [-0.3, -0.25) is 9.59 Å². The Labute approximate surface area is 174 Å². The SMILES string of the molecule is COc1ccc(C(C)CC(=O)C2c3cccc(O)c3C(=O)c3c(O)cccc32)cc1. The van der Waals surface area contributed by atoms with Gasteiger partial charge < -0.3 is 14.9 Å². The molecule has 1 unspecified atom stereocenters. The number of ether oxygens (including phenoxy) is 1. The number of phenols is 2. The van der Waals surface area contributed by atoms with Crippen molar-refractivity contribution in [2.24, 2.45) is 0 Å². The second kappa shape index (κ2) is 7.67. The Bertz CT molecular complexity index is 1080. The Morgan fingerprint density at radius 2 is 1.47 bits per heavy atom. The number of phenolic OH excluding ortho intramolecular Hbond substituents is 2. The number of benzene rings is 3. The maximum atomic E-state index is 13.5. The van der Waals surface area contributed by atoms with Gasteiger partial charge in [-0.1, -0.05) is 43.3 Å². The van der Waals surface area contributed by atoms with E-state index in [9.17, 15) is 19.8 Å². The number of carbonyl (C=O) groups excluding carboxylic acids is 2. The van der Waals surface area contributed by atoms with Crippen LogP contribution in [0, 0.1) is 0 Å². The Morgan fingerprint density at radius 1 is 0.933 bits per heavy atom. The lowest BCUT2D eigenvalue weighted by molar-refractivity contribution is -0.120. The van der Waals surface area contributed by atoms with Crippen molar-refractivity contribution in [1.82, 2.24) is 0 Å². The van der Waals surface area contributed by atoms with E-state index in [4.69, 9.17) is 4.74 Å². The van der Waals surface area contributed by atoms with Gasteiger partial charge in [-0.2, -0.15) is 0 Å². The van der Waals surface area contributed by atoms with E-state index in [1.165, 1.54) is 12.1 Å². The first-order valence-electron chi connectivity index (χ1n) is 9.77. The fourth-order valence-electron chi connectivity index (χ4n) is 4.20. The predicted molar refractivity (Wildman–Crippen MR) is 113 cm³/mol. The van der Waals surface area contributed by atoms with E-state index in [0.29, 0.717) is 11.1 Å². The highest BCUT2D eigenvalue weighted by molar-refractivity contribution is 6.18. The Kier molecular flexibility index (Phi) is 5.04. The summed E-state index contributed by atoms with van der Waals surface area (Å²) in [5, 5.41) is 20.7. The molecule has 0 heterocycles. The molecule has 152 valence electrons. The molecule has 3 aromatic carbocycles. The topological polar surface area (TPSA) is 83.8 Å². The van der Waals surface area contributed by atoms with E-state index in [-0.39, 0.29) is 40.7 Å². The first-order valence-corrected chi connectivity index (χ1v) is 9.77. The molecule has 0 aromatic heterocycles. The molecule has 0 saturated heterocycles. The molecule has 1 aliphatic rings. The number of ketones is 2. The van der Waals surface area contributed by atoms with Gasteiger partial charge in [0.1, 0.15) is 23.0 Å². The number of hydrogen-bond donors (Lipinski definition) is 2. The number of carbonyl (C=O) groups is 2. The van der Waals surface area contributed by atoms with Crippen LogP contribution < -0.4 is 4.74 Å². The van der Waals surface area contributed by atoms with Crippen LogP contribution in [-0.4, -0.2) is 28.9 Å². The molecule has 5 heteroatoms. The smallest absolute Gasteiger partial charge is 0.201 e. The molecule has 2 N–H and O–H groups in total. The minimum atomic E-state index is -0.729. The van der Waals surface area contributed by atoms with Crippen LogP contribution in [0.1, 0.15) is 57.8 Å². The van der Waals surface area contributed by atoms with Crippen molar-refractivity contribution in [1.29, 1.82) is 0 Å². The van der Waals surface area contributed by atoms with Gasteiger partial charge >= 0.3 is 0 Å². The average Bonchev–Trinajstić information content (AvgIpc) is 2.73. The third-order valence-electron chi connectivity index (χ3n) is 5.74. The lowest BCUT2D eigenvalue weighted by Crippen LogP contribution is -2.26. The Balaban J connectivity index is 1.74. The molecule has 0 radical (unpaired) electrons. The third-order valence-corrected chi connectivity index (χ3v) is 5.74. The Morgan fingerprint density at radius 3 is 1.97 bits per heavy atom. The van der Waals surface area contributed by atoms with Crippen LogP contribution in [0.15, 0.2) is 60.7 Å². The molecule has 0 fully saturated rings. The summed E-state index contributed by atoms with van der Waals surface area (Å²) >= 11 is 0. The van der Waals surface area contributed by atoms with Crippen LogP contribution in [0.25, 0.3) is 0 Å². The zero-order chi connectivity index (χ0) is 21.4. The summed E-state index contributed by atoms with van der Waals surface area (Å²) in [6, 6.07) is 17.1. The molecule has 0 spiro atoms. The van der Waals surface area contributed by atoms with Crippen LogP contribution in [0.3, 0.4) is 0 Å². The summed E-state index contributed by atoms with van der Waals surface area (Å²) in [7, 11) is 1.60. The molecule has 0 saturated carbocycles. The van der Waals surface area contributed by atoms with E-state index < -0.39 is 11.7 Å². The van der Waals surface area contributed by atoms with Crippen molar-refractivity contribution < 1.29 is 24.5 Å². The first kappa shape index (κ1) is 19.7. The minimum absolute atomic E-state index is 0.0532. The summed E-state index contributed by atoms with van der Waals surface area (Å²) in [6.45, 7) is 1.97. The second-order valence-corrected chi connectivity index (χ2v) is 7.59. The van der Waals surface area contributed by atoms with Crippen LogP contribution >= 0.6 is 0 Å². The summed E-state index contributed by atoms with van der Waals surface area (Å²) in [4.78, 5) is 26.4. The van der Waals surface area contributed by atoms with E-state index in [1.807, 2.05) is 31.2 Å². The lowest BCUT2D eigenvalue weighted by atomic mass is 9.73. The molecule has 30 heavy (non-hydrogen) atoms. The molecule has 0 aliphatic heterocycles. The van der Waals surface area contributed by atoms with Gasteiger partial charge in [0, 0.05) is 6.42 Å². The van der Waals surface area contributed by atoms with Crippen molar-refractivity contribution in [3.63, 3.8) is 0 Å². The highest BCUT2D eigenvalue weighted by Crippen LogP contribution is 2.44. The number of aromatic hydroxyl groups is 2. The lowest BCUT2D eigenvalue weighted by Gasteiger charge is -2.28. The number of fused-ring (bicyclic) bond motifs is 2. The van der Waals surface area contributed by atoms with Crippen LogP contribution in [0.2, 0.25) is 0 Å². The molecule has 0 bridgehead atoms. The largest absolute Gasteiger partial charge is 0.507 e. The third kappa shape index (κ3) is 3.22. The van der Waals surface area contributed by atoms with Gasteiger partial charge in [0.15, 0.2) is 0 Å². The van der Waals surface area contributed by atoms with Gasteiger partial charge in [0.25, 0.3) is 0 Å². The van der Waals surface area contributed by atoms with Crippen molar-refractivity contribution in [2.45, 2.75) is 25.2 Å². The normalized spacial score (nSPS) is 14.0. The van der Waals surface area contributed by atoms with Crippen molar-refractivity contribution in [3.8, 4) is 17.2 Å². The number of Topliss-reactive ketones (excluding diaryl/α,β-unsaturated/α-hetero) is 1. The highest BCUT2D eigenvalue weighted by Gasteiger charge is 2.38. The molecule has 1 atom stereocenters. The predicted octanol–water partition coefficient (Wildman–Crippen LogP) is 4.55. The molecule has 4 rings (SSSR count). The Hall–Kier alpha value is -3.60. The standard InChI is InChI=1S/C25H22O5/c1-14(15-9-11-16(30-2)12-10-15)13-21(28)22-17-5-3-7-19(26)23(17)25(29)24-18(22)6-4-8-20(24)27/h3-12,14,22,26-27H,13H2,1-2H3. The number of hydrogen-bond acceptors (Lipinski definition) is 5. The van der Waals surface area contributed by atoms with E-state index in [1.54, 1.807) is 31.4 Å². The summed E-state index contributed by atoms with van der Waals surface area (Å²) in [5.41, 5.74) is 2.13. The van der Waals surface area contributed by atoms with Gasteiger partial charge in [-0.05, 0) is 46.9 Å². The van der Waals surface area contributed by atoms with Gasteiger partial charge in [-0.25, -0.2) is 0 Å². The maximum Gasteiger partial charge on any atom is 0.201 e. The van der Waals surface area contributed by atoms with Gasteiger partial charge in [0.05, 0.1) is 24.2 Å². The van der Waals surface area contributed by atoms with Crippen LogP contribution in [0.4, 0.5) is 0 Å². The van der Waals surface area contributed by atoms with E-state index >= 15 is 0 Å². The molecule has 3 aromatic rings. The number of methoxy groups -OCH3 is 1. The highest BCUT2D eigenvalue weighted by atomic mass is 16.5. The fraction of sp³-hybridized carbons (Fsp3) is 0.200. The van der Waals surface area contributed by atoms with Gasteiger partial charge in [0.2, 0.25) is 5.78 Å². The van der Waals surface area contributed by atoms with Crippen LogP contribution in [-0.2, 0) is 4.79 Å². The monoisotopic (exact) mass is 402 g/mol. The minimum Gasteiger partial charge on any atom is -0.507 e. The van der Waals surface area contributed by atoms with Crippen molar-refractivity contribution >= 4 is 11.6 Å². The molecule has 5 nitrogen and oxygen atoms in total. The molecular weight excluding hydrogens is 380 g/mol. The quantitative estimate of drug-likeness (QED) is 0.654. The van der Waals surface area contributed by atoms with Crippen LogP contribution in [0.5, 0.6) is 17.2 Å². The summed E-state index contributed by atoms with van der Waals surface area (Å²) in [6.07, 6.45) is 0.245. The van der Waals surface area contributed by atoms with E-state index in [2.05, 4.69) is 0 Å². The average molecular weight is 402 g/mol. The van der Waals surface area contributed by atoms with Crippen molar-refractivity contribution in [2.75, 3.05) is 7.11 Å². The maximum absolute atomic E-state index is 13.5.